The quantitative estimate of drug-likeness (QED) is 0.167. The van der Waals surface area contributed by atoms with Crippen molar-refractivity contribution in [2.45, 2.75) is 105 Å². The Kier molecular flexibility index (Phi) is 9.55. The fraction of sp³-hybridized carbons (Fsp3) is 0.258. The fourth-order valence-corrected chi connectivity index (χ4v) is 11.2. The molecule has 318 valence electrons. The lowest BCUT2D eigenvalue weighted by Gasteiger charge is -2.31. The molecular weight excluding hydrogens is 773 g/mol. The highest BCUT2D eigenvalue weighted by Gasteiger charge is 2.33. The van der Waals surface area contributed by atoms with E-state index in [1.807, 2.05) is 13.8 Å². The van der Waals surface area contributed by atoms with E-state index in [0.717, 1.165) is 38.5 Å². The van der Waals surface area contributed by atoms with Crippen LogP contribution in [0.15, 0.2) is 146 Å². The third-order valence-electron chi connectivity index (χ3n) is 14.4. The minimum Gasteiger partial charge on any atom is -0.309 e. The number of aryl methyl sites for hydroxylation is 4. The summed E-state index contributed by atoms with van der Waals surface area (Å²) in [6.45, 7) is 17.7. The van der Waals surface area contributed by atoms with Gasteiger partial charge in [-0.25, -0.2) is 0 Å². The summed E-state index contributed by atoms with van der Waals surface area (Å²) >= 11 is 0. The molecule has 0 N–H and O–H groups in total. The van der Waals surface area contributed by atoms with Crippen molar-refractivity contribution in [3.05, 3.63) is 179 Å². The Balaban J connectivity index is 0.00000225. The third-order valence-corrected chi connectivity index (χ3v) is 14.4. The van der Waals surface area contributed by atoms with Gasteiger partial charge in [-0.15, -0.1) is 0 Å². The highest BCUT2D eigenvalue weighted by atomic mass is 15.0. The van der Waals surface area contributed by atoms with Crippen molar-refractivity contribution in [3.63, 3.8) is 0 Å². The summed E-state index contributed by atoms with van der Waals surface area (Å²) in [7, 11) is 0. The smallest absolute Gasteiger partial charge is 0.0579 e. The molecule has 3 aliphatic rings. The van der Waals surface area contributed by atoms with Gasteiger partial charge in [0.2, 0.25) is 0 Å². The van der Waals surface area contributed by atoms with Crippen LogP contribution in [0.5, 0.6) is 0 Å². The van der Waals surface area contributed by atoms with Gasteiger partial charge in [0.1, 0.15) is 0 Å². The van der Waals surface area contributed by atoms with E-state index in [1.54, 1.807) is 0 Å². The Morgan fingerprint density at radius 3 is 1.38 bits per heavy atom. The van der Waals surface area contributed by atoms with Gasteiger partial charge in [-0.2, -0.15) is 0 Å². The van der Waals surface area contributed by atoms with Crippen LogP contribution < -0.4 is 0 Å². The van der Waals surface area contributed by atoms with Crippen LogP contribution in [0.3, 0.4) is 0 Å². The van der Waals surface area contributed by atoms with E-state index in [9.17, 15) is 0 Å². The lowest BCUT2D eigenvalue weighted by Crippen LogP contribution is -2.16. The second kappa shape index (κ2) is 15.1. The molecule has 2 heterocycles. The molecule has 9 aromatic rings. The number of hydrogen-bond acceptors (Lipinski definition) is 0. The van der Waals surface area contributed by atoms with Gasteiger partial charge < -0.3 is 9.13 Å². The van der Waals surface area contributed by atoms with Crippen LogP contribution in [0.2, 0.25) is 0 Å². The molecule has 2 aromatic heterocycles. The van der Waals surface area contributed by atoms with Crippen molar-refractivity contribution < 1.29 is 0 Å². The molecule has 0 aliphatic heterocycles. The third kappa shape index (κ3) is 6.35. The summed E-state index contributed by atoms with van der Waals surface area (Å²) in [6.07, 6.45) is 13.5. The molecular formula is C62H60N2. The molecule has 12 rings (SSSR count). The molecule has 0 saturated heterocycles. The topological polar surface area (TPSA) is 9.86 Å². The Hall–Kier alpha value is -6.38. The first-order chi connectivity index (χ1) is 31.0. The molecule has 0 radical (unpaired) electrons. The number of fused-ring (bicyclic) bond motifs is 8. The van der Waals surface area contributed by atoms with Gasteiger partial charge in [0.05, 0.1) is 22.1 Å². The van der Waals surface area contributed by atoms with Crippen molar-refractivity contribution in [2.75, 3.05) is 0 Å². The van der Waals surface area contributed by atoms with Gasteiger partial charge in [0.25, 0.3) is 0 Å². The van der Waals surface area contributed by atoms with E-state index in [2.05, 4.69) is 196 Å². The highest BCUT2D eigenvalue weighted by molar-refractivity contribution is 6.17. The number of hydrogen-bond donors (Lipinski definition) is 0. The summed E-state index contributed by atoms with van der Waals surface area (Å²) in [4.78, 5) is 0. The fourth-order valence-electron chi connectivity index (χ4n) is 11.2. The average molecular weight is 833 g/mol. The first-order valence-electron chi connectivity index (χ1n) is 23.9. The summed E-state index contributed by atoms with van der Waals surface area (Å²) < 4.78 is 5.20. The van der Waals surface area contributed by atoms with E-state index in [1.165, 1.54) is 122 Å². The summed E-state index contributed by atoms with van der Waals surface area (Å²) in [5.41, 5.74) is 25.1. The van der Waals surface area contributed by atoms with Crippen molar-refractivity contribution >= 4 is 49.3 Å². The van der Waals surface area contributed by atoms with Crippen LogP contribution in [0.1, 0.15) is 102 Å². The second-order valence-corrected chi connectivity index (χ2v) is 20.3. The maximum Gasteiger partial charge on any atom is 0.0579 e. The van der Waals surface area contributed by atoms with E-state index >= 15 is 0 Å². The average Bonchev–Trinajstić information content (AvgIpc) is 3.83. The largest absolute Gasteiger partial charge is 0.309 e. The van der Waals surface area contributed by atoms with Crippen molar-refractivity contribution in [3.8, 4) is 39.1 Å². The summed E-state index contributed by atoms with van der Waals surface area (Å²) in [5, 5.41) is 5.48. The Morgan fingerprint density at radius 1 is 0.438 bits per heavy atom. The first-order valence-corrected chi connectivity index (χ1v) is 23.9. The minimum atomic E-state index is 0.125. The highest BCUT2D eigenvalue weighted by Crippen LogP contribution is 2.52. The molecule has 64 heavy (non-hydrogen) atoms. The molecule has 0 amide bonds. The predicted octanol–water partition coefficient (Wildman–Crippen LogP) is 16.9. The molecule has 0 fully saturated rings. The van der Waals surface area contributed by atoms with Crippen LogP contribution in [-0.2, 0) is 36.5 Å². The maximum atomic E-state index is 2.62. The molecule has 7 aromatic carbocycles. The minimum absolute atomic E-state index is 0.125. The molecule has 0 unspecified atom stereocenters. The molecule has 2 nitrogen and oxygen atoms in total. The monoisotopic (exact) mass is 832 g/mol. The van der Waals surface area contributed by atoms with Crippen LogP contribution in [0, 0.1) is 0 Å². The van der Waals surface area contributed by atoms with Gasteiger partial charge >= 0.3 is 0 Å². The molecule has 0 spiro atoms. The number of allylic oxidation sites excluding steroid dienone is 4. The van der Waals surface area contributed by atoms with Crippen LogP contribution in [-0.4, -0.2) is 9.13 Å². The second-order valence-electron chi connectivity index (χ2n) is 20.3. The lowest BCUT2D eigenvalue weighted by atomic mass is 9.74. The van der Waals surface area contributed by atoms with Gasteiger partial charge in [0, 0.05) is 32.9 Å². The number of benzene rings is 7. The van der Waals surface area contributed by atoms with Gasteiger partial charge in [-0.05, 0) is 171 Å². The SMILES string of the molecule is CC.CC(C)(C)c1ccc(-c2ccc3c(c2)c2cc4c5c(c2n3C2=CCCC=C2)CCc2cc3c6cc(-c7ccc(C(C)(C)C)cc7)ccc6n(-c6ccccc6)c3c(c2-5)CC4)cc1. The Morgan fingerprint density at radius 2 is 0.906 bits per heavy atom. The van der Waals surface area contributed by atoms with E-state index < -0.39 is 0 Å². The first kappa shape index (κ1) is 40.4. The summed E-state index contributed by atoms with van der Waals surface area (Å²) in [5.74, 6) is 0. The zero-order chi connectivity index (χ0) is 44.1. The lowest BCUT2D eigenvalue weighted by molar-refractivity contribution is 0.590. The number of para-hydroxylation sites is 1. The van der Waals surface area contributed by atoms with E-state index in [4.69, 9.17) is 0 Å². The number of rotatable bonds is 4. The number of nitrogens with zero attached hydrogens (tertiary/aromatic N) is 2. The van der Waals surface area contributed by atoms with Crippen molar-refractivity contribution in [1.29, 1.82) is 0 Å². The van der Waals surface area contributed by atoms with Gasteiger partial charge in [-0.1, -0.05) is 146 Å². The van der Waals surface area contributed by atoms with Crippen LogP contribution >= 0.6 is 0 Å². The van der Waals surface area contributed by atoms with E-state index in [0.29, 0.717) is 0 Å². The molecule has 0 atom stereocenters. The Bertz CT molecular complexity index is 3370. The van der Waals surface area contributed by atoms with Gasteiger partial charge in [-0.3, -0.25) is 0 Å². The normalized spacial score (nSPS) is 14.5. The zero-order valence-corrected chi connectivity index (χ0v) is 39.0. The predicted molar refractivity (Wildman–Crippen MR) is 276 cm³/mol. The molecule has 0 saturated carbocycles. The van der Waals surface area contributed by atoms with Crippen LogP contribution in [0.4, 0.5) is 0 Å². The van der Waals surface area contributed by atoms with E-state index in [-0.39, 0.29) is 10.8 Å². The van der Waals surface area contributed by atoms with Crippen molar-refractivity contribution in [1.82, 2.24) is 9.13 Å². The zero-order valence-electron chi connectivity index (χ0n) is 39.0. The Labute approximate surface area is 379 Å². The maximum absolute atomic E-state index is 2.62. The summed E-state index contributed by atoms with van der Waals surface area (Å²) in [6, 6.07) is 49.2. The van der Waals surface area contributed by atoms with Crippen LogP contribution in [0.25, 0.3) is 88.4 Å². The molecule has 2 heteroatoms. The van der Waals surface area contributed by atoms with Crippen molar-refractivity contribution in [2.24, 2.45) is 0 Å². The van der Waals surface area contributed by atoms with Gasteiger partial charge in [0.15, 0.2) is 0 Å². The standard InChI is InChI=1S/C60H54N2.C2H6/c1-59(2,3)43-25-17-37(18-26-43)39-23-31-53-49(33-39)51-35-41-21-30-48-56-42(22-29-47(55(41)56)57(51)61(53)45-13-9-7-10-14-45)36-52-50-34-40(38-19-27-44(28-20-38)60(4,5)6)24-32-54(50)62(58(48)52)46-15-11-8-12-16-46;1-2/h7,9-11,13-20,23-28,31-36H,8,12,21-22,29-30H2,1-6H3;1-2H3. The molecule has 0 bridgehead atoms. The number of aromatic nitrogens is 2. The molecule has 3 aliphatic carbocycles.